The van der Waals surface area contributed by atoms with Gasteiger partial charge in [0.1, 0.15) is 0 Å². The molecule has 1 amide bonds. The summed E-state index contributed by atoms with van der Waals surface area (Å²) in [5.74, 6) is 0.00201. The summed E-state index contributed by atoms with van der Waals surface area (Å²) < 4.78 is 3.48. The maximum absolute atomic E-state index is 12.6. The summed E-state index contributed by atoms with van der Waals surface area (Å²) in [4.78, 5) is 26.5. The normalized spacial score (nSPS) is 12.5. The number of para-hydroxylation sites is 2. The fraction of sp³-hybridized carbons (Fsp3) is 0.529. The van der Waals surface area contributed by atoms with E-state index in [1.807, 2.05) is 38.1 Å². The number of carbonyl (C=O) groups is 1. The molecule has 6 nitrogen and oxygen atoms in total. The number of fused-ring (bicyclic) bond motifs is 1. The number of amides is 1. The molecule has 0 aliphatic carbocycles. The van der Waals surface area contributed by atoms with Crippen molar-refractivity contribution in [2.45, 2.75) is 45.8 Å². The largest absolute Gasteiger partial charge is 0.342 e. The molecule has 126 valence electrons. The van der Waals surface area contributed by atoms with E-state index in [2.05, 4.69) is 0 Å². The number of rotatable bonds is 7. The van der Waals surface area contributed by atoms with Gasteiger partial charge in [0, 0.05) is 39.1 Å². The number of aromatic nitrogens is 2. The molecule has 1 atom stereocenters. The average molecular weight is 318 g/mol. The number of nitrogens with zero attached hydrogens (tertiary/aromatic N) is 3. The van der Waals surface area contributed by atoms with Gasteiger partial charge in [-0.1, -0.05) is 19.1 Å². The molecule has 1 aromatic carbocycles. The highest BCUT2D eigenvalue weighted by atomic mass is 16.2. The van der Waals surface area contributed by atoms with Gasteiger partial charge in [-0.25, -0.2) is 4.79 Å². The number of benzene rings is 1. The van der Waals surface area contributed by atoms with Gasteiger partial charge in [-0.2, -0.15) is 0 Å². The topological polar surface area (TPSA) is 73.3 Å². The van der Waals surface area contributed by atoms with Crippen LogP contribution in [0.25, 0.3) is 11.0 Å². The van der Waals surface area contributed by atoms with Gasteiger partial charge < -0.3 is 10.6 Å². The van der Waals surface area contributed by atoms with Crippen LogP contribution in [0.2, 0.25) is 0 Å². The van der Waals surface area contributed by atoms with Crippen molar-refractivity contribution in [3.05, 3.63) is 34.7 Å². The fourth-order valence-corrected chi connectivity index (χ4v) is 2.72. The maximum Gasteiger partial charge on any atom is 0.329 e. The van der Waals surface area contributed by atoms with E-state index in [0.717, 1.165) is 17.5 Å². The summed E-state index contributed by atoms with van der Waals surface area (Å²) in [6.45, 7) is 5.46. The number of hydrogen-bond acceptors (Lipinski definition) is 3. The number of imidazole rings is 1. The van der Waals surface area contributed by atoms with E-state index >= 15 is 0 Å². The molecule has 0 saturated heterocycles. The number of aryl methyl sites for hydroxylation is 2. The lowest BCUT2D eigenvalue weighted by Gasteiger charge is -2.23. The maximum atomic E-state index is 12.6. The standard InChI is InChI=1S/C17H26N4O2/c1-4-10-20-14-7-5-6-8-15(14)21(17(20)23)11-9-16(22)19(3)13(2)12-18/h5-8,13H,4,9-12,18H2,1-3H3. The van der Waals surface area contributed by atoms with Gasteiger partial charge in [-0.15, -0.1) is 0 Å². The molecule has 23 heavy (non-hydrogen) atoms. The van der Waals surface area contributed by atoms with Crippen molar-refractivity contribution < 1.29 is 4.79 Å². The Kier molecular flexibility index (Phi) is 5.60. The molecular weight excluding hydrogens is 292 g/mol. The van der Waals surface area contributed by atoms with Gasteiger partial charge in [-0.3, -0.25) is 13.9 Å². The second kappa shape index (κ2) is 7.46. The molecule has 1 unspecified atom stereocenters. The van der Waals surface area contributed by atoms with Crippen molar-refractivity contribution in [2.24, 2.45) is 5.73 Å². The molecule has 2 rings (SSSR count). The zero-order valence-electron chi connectivity index (χ0n) is 14.2. The third-order valence-corrected chi connectivity index (χ3v) is 4.32. The second-order valence-corrected chi connectivity index (χ2v) is 5.91. The van der Waals surface area contributed by atoms with Crippen LogP contribution in [0, 0.1) is 0 Å². The molecule has 0 bridgehead atoms. The van der Waals surface area contributed by atoms with Crippen molar-refractivity contribution >= 4 is 16.9 Å². The van der Waals surface area contributed by atoms with Gasteiger partial charge in [0.2, 0.25) is 5.91 Å². The monoisotopic (exact) mass is 318 g/mol. The molecule has 1 heterocycles. The second-order valence-electron chi connectivity index (χ2n) is 5.91. The Balaban J connectivity index is 2.25. The molecule has 0 saturated carbocycles. The molecular formula is C17H26N4O2. The summed E-state index contributed by atoms with van der Waals surface area (Å²) in [5.41, 5.74) is 7.36. The van der Waals surface area contributed by atoms with Crippen molar-refractivity contribution in [3.8, 4) is 0 Å². The summed E-state index contributed by atoms with van der Waals surface area (Å²) in [6.07, 6.45) is 1.18. The Morgan fingerprint density at radius 3 is 2.30 bits per heavy atom. The average Bonchev–Trinajstić information content (AvgIpc) is 2.83. The van der Waals surface area contributed by atoms with Gasteiger partial charge in [0.25, 0.3) is 0 Å². The first-order chi connectivity index (χ1) is 11.0. The summed E-state index contributed by atoms with van der Waals surface area (Å²) in [6, 6.07) is 7.73. The first kappa shape index (κ1) is 17.3. The molecule has 1 aromatic heterocycles. The lowest BCUT2D eigenvalue weighted by Crippen LogP contribution is -2.40. The zero-order chi connectivity index (χ0) is 17.0. The molecule has 2 N–H and O–H groups in total. The lowest BCUT2D eigenvalue weighted by molar-refractivity contribution is -0.131. The van der Waals surface area contributed by atoms with Crippen LogP contribution in [0.5, 0.6) is 0 Å². The van der Waals surface area contributed by atoms with Crippen LogP contribution in [0.15, 0.2) is 29.1 Å². The molecule has 2 aromatic rings. The molecule has 0 aliphatic rings. The Hall–Kier alpha value is -2.08. The van der Waals surface area contributed by atoms with Crippen LogP contribution in [0.3, 0.4) is 0 Å². The summed E-state index contributed by atoms with van der Waals surface area (Å²) >= 11 is 0. The Morgan fingerprint density at radius 2 is 1.78 bits per heavy atom. The quantitative estimate of drug-likeness (QED) is 0.839. The lowest BCUT2D eigenvalue weighted by atomic mass is 10.2. The third-order valence-electron chi connectivity index (χ3n) is 4.32. The van der Waals surface area contributed by atoms with Gasteiger partial charge in [0.05, 0.1) is 11.0 Å². The highest BCUT2D eigenvalue weighted by Crippen LogP contribution is 2.14. The number of hydrogen-bond donors (Lipinski definition) is 1. The predicted molar refractivity (Wildman–Crippen MR) is 92.4 cm³/mol. The van der Waals surface area contributed by atoms with Gasteiger partial charge >= 0.3 is 5.69 Å². The van der Waals surface area contributed by atoms with Crippen LogP contribution in [-0.4, -0.2) is 39.6 Å². The van der Waals surface area contributed by atoms with E-state index in [-0.39, 0.29) is 17.6 Å². The smallest absolute Gasteiger partial charge is 0.329 e. The van der Waals surface area contributed by atoms with Crippen molar-refractivity contribution in [1.82, 2.24) is 14.0 Å². The minimum absolute atomic E-state index is 0.000607. The summed E-state index contributed by atoms with van der Waals surface area (Å²) in [5, 5.41) is 0. The van der Waals surface area contributed by atoms with E-state index in [4.69, 9.17) is 5.73 Å². The first-order valence-electron chi connectivity index (χ1n) is 8.15. The Bertz CT molecular complexity index is 732. The third kappa shape index (κ3) is 3.47. The number of carbonyl (C=O) groups excluding carboxylic acids is 1. The first-order valence-corrected chi connectivity index (χ1v) is 8.15. The zero-order valence-corrected chi connectivity index (χ0v) is 14.2. The van der Waals surface area contributed by atoms with Crippen LogP contribution in [0.4, 0.5) is 0 Å². The Labute approximate surface area is 136 Å². The molecule has 6 heteroatoms. The number of nitrogens with two attached hydrogens (primary N) is 1. The molecule has 0 fully saturated rings. The molecule has 0 radical (unpaired) electrons. The number of likely N-dealkylation sites (N-methyl/N-ethyl adjacent to an activating group) is 1. The van der Waals surface area contributed by atoms with E-state index in [1.165, 1.54) is 0 Å². The van der Waals surface area contributed by atoms with Crippen LogP contribution >= 0.6 is 0 Å². The minimum Gasteiger partial charge on any atom is -0.342 e. The van der Waals surface area contributed by atoms with E-state index in [0.29, 0.717) is 26.1 Å². The van der Waals surface area contributed by atoms with Crippen molar-refractivity contribution in [2.75, 3.05) is 13.6 Å². The van der Waals surface area contributed by atoms with Crippen LogP contribution in [0.1, 0.15) is 26.7 Å². The predicted octanol–water partition coefficient (Wildman–Crippen LogP) is 1.41. The van der Waals surface area contributed by atoms with E-state index in [9.17, 15) is 9.59 Å². The highest BCUT2D eigenvalue weighted by Gasteiger charge is 2.17. The Morgan fingerprint density at radius 1 is 1.22 bits per heavy atom. The molecule has 0 spiro atoms. The van der Waals surface area contributed by atoms with Crippen molar-refractivity contribution in [1.29, 1.82) is 0 Å². The summed E-state index contributed by atoms with van der Waals surface area (Å²) in [7, 11) is 1.75. The SMILES string of the molecule is CCCn1c(=O)n(CCC(=O)N(C)C(C)CN)c2ccccc21. The van der Waals surface area contributed by atoms with Crippen LogP contribution < -0.4 is 11.4 Å². The van der Waals surface area contributed by atoms with E-state index in [1.54, 1.807) is 21.1 Å². The molecule has 0 aliphatic heterocycles. The van der Waals surface area contributed by atoms with Crippen LogP contribution in [-0.2, 0) is 17.9 Å². The highest BCUT2D eigenvalue weighted by molar-refractivity contribution is 5.78. The minimum atomic E-state index is -0.0459. The van der Waals surface area contributed by atoms with Gasteiger partial charge in [0.15, 0.2) is 0 Å². The fourth-order valence-electron chi connectivity index (χ4n) is 2.72. The van der Waals surface area contributed by atoms with Crippen molar-refractivity contribution in [3.63, 3.8) is 0 Å². The van der Waals surface area contributed by atoms with E-state index < -0.39 is 0 Å². The van der Waals surface area contributed by atoms with Gasteiger partial charge in [-0.05, 0) is 25.5 Å².